The van der Waals surface area contributed by atoms with Gasteiger partial charge >= 0.3 is 0 Å². The van der Waals surface area contributed by atoms with Crippen LogP contribution in [0.25, 0.3) is 0 Å². The van der Waals surface area contributed by atoms with Crippen molar-refractivity contribution < 1.29 is 15.3 Å². The van der Waals surface area contributed by atoms with Crippen LogP contribution in [0.2, 0.25) is 0 Å². The van der Waals surface area contributed by atoms with Crippen LogP contribution in [0.4, 0.5) is 0 Å². The molecule has 4 rings (SSSR count). The number of hydrogen-bond acceptors (Lipinski definition) is 3. The third-order valence-electron chi connectivity index (χ3n) is 9.77. The third kappa shape index (κ3) is 2.63. The van der Waals surface area contributed by atoms with E-state index < -0.39 is 6.29 Å². The maximum absolute atomic E-state index is 9.80. The summed E-state index contributed by atoms with van der Waals surface area (Å²) >= 11 is 0. The van der Waals surface area contributed by atoms with E-state index in [4.69, 9.17) is 0 Å². The Balaban J connectivity index is 1.59. The first-order valence-electron chi connectivity index (χ1n) is 10.9. The van der Waals surface area contributed by atoms with E-state index in [9.17, 15) is 15.3 Å². The van der Waals surface area contributed by atoms with Crippen molar-refractivity contribution in [2.45, 2.75) is 84.3 Å². The molecule has 3 heteroatoms. The molecule has 4 aliphatic rings. The number of rotatable bonds is 3. The van der Waals surface area contributed by atoms with Gasteiger partial charge in [-0.25, -0.2) is 0 Å². The first-order chi connectivity index (χ1) is 11.9. The summed E-state index contributed by atoms with van der Waals surface area (Å²) < 4.78 is 0. The molecule has 25 heavy (non-hydrogen) atoms. The number of fused-ring (bicyclic) bond motifs is 5. The van der Waals surface area contributed by atoms with Crippen LogP contribution in [0.15, 0.2) is 0 Å². The normalized spacial score (nSPS) is 50.9. The second-order valence-corrected chi connectivity index (χ2v) is 10.4. The van der Waals surface area contributed by atoms with E-state index in [1.54, 1.807) is 0 Å². The van der Waals surface area contributed by atoms with Gasteiger partial charge in [0, 0.05) is 5.92 Å². The molecule has 0 heterocycles. The van der Waals surface area contributed by atoms with Gasteiger partial charge in [-0.3, -0.25) is 0 Å². The fraction of sp³-hybridized carbons (Fsp3) is 1.00. The van der Waals surface area contributed by atoms with E-state index in [2.05, 4.69) is 13.8 Å². The van der Waals surface area contributed by atoms with Crippen LogP contribution in [0.1, 0.15) is 78.1 Å². The Kier molecular flexibility index (Phi) is 4.74. The second-order valence-electron chi connectivity index (χ2n) is 10.4. The molecule has 0 aromatic heterocycles. The summed E-state index contributed by atoms with van der Waals surface area (Å²) in [7, 11) is 0. The molecule has 0 saturated heterocycles. The van der Waals surface area contributed by atoms with Crippen LogP contribution in [0.3, 0.4) is 0 Å². The van der Waals surface area contributed by atoms with Crippen LogP contribution < -0.4 is 0 Å². The van der Waals surface area contributed by atoms with Crippen molar-refractivity contribution in [1.82, 2.24) is 0 Å². The van der Waals surface area contributed by atoms with Gasteiger partial charge < -0.3 is 15.3 Å². The molecular formula is C22H38O3. The molecule has 3 nitrogen and oxygen atoms in total. The van der Waals surface area contributed by atoms with Crippen molar-refractivity contribution in [1.29, 1.82) is 0 Å². The molecule has 8 atom stereocenters. The molecule has 0 aromatic rings. The Morgan fingerprint density at radius 3 is 2.32 bits per heavy atom. The summed E-state index contributed by atoms with van der Waals surface area (Å²) in [6.07, 6.45) is 12.0. The highest BCUT2D eigenvalue weighted by atomic mass is 16.5. The van der Waals surface area contributed by atoms with E-state index in [0.29, 0.717) is 5.41 Å². The van der Waals surface area contributed by atoms with E-state index in [-0.39, 0.29) is 23.9 Å². The summed E-state index contributed by atoms with van der Waals surface area (Å²) in [4.78, 5) is 0. The Morgan fingerprint density at radius 1 is 0.840 bits per heavy atom. The van der Waals surface area contributed by atoms with Gasteiger partial charge in [0.2, 0.25) is 0 Å². The molecule has 1 unspecified atom stereocenters. The van der Waals surface area contributed by atoms with Crippen molar-refractivity contribution in [3.63, 3.8) is 0 Å². The lowest BCUT2D eigenvalue weighted by Crippen LogP contribution is -2.53. The fourth-order valence-electron chi connectivity index (χ4n) is 8.47. The van der Waals surface area contributed by atoms with Crippen molar-refractivity contribution in [3.8, 4) is 0 Å². The van der Waals surface area contributed by atoms with Gasteiger partial charge in [0.15, 0.2) is 6.29 Å². The standard InChI is InChI=1S/C22H38O3/c1-21-11-4-3-5-14(21)6-7-15-17-8-9-18(16(13-23)20(24)25)22(17,2)12-10-19(15)21/h14-20,23-25H,3-13H2,1-2H3/t14-,15-,16?,17-,18+,19-,21-,22-/m0/s1. The lowest BCUT2D eigenvalue weighted by atomic mass is 9.44. The first-order valence-corrected chi connectivity index (χ1v) is 10.9. The van der Waals surface area contributed by atoms with Gasteiger partial charge in [-0.15, -0.1) is 0 Å². The molecule has 144 valence electrons. The minimum atomic E-state index is -1.38. The Morgan fingerprint density at radius 2 is 1.60 bits per heavy atom. The highest BCUT2D eigenvalue weighted by Gasteiger charge is 2.60. The highest BCUT2D eigenvalue weighted by molar-refractivity contribution is 5.09. The van der Waals surface area contributed by atoms with Gasteiger partial charge in [0.25, 0.3) is 0 Å². The van der Waals surface area contributed by atoms with Crippen LogP contribution in [-0.4, -0.2) is 28.2 Å². The smallest absolute Gasteiger partial charge is 0.156 e. The molecule has 0 radical (unpaired) electrons. The average molecular weight is 351 g/mol. The zero-order valence-electron chi connectivity index (χ0n) is 16.2. The molecule has 3 N–H and O–H groups in total. The lowest BCUT2D eigenvalue weighted by Gasteiger charge is -2.61. The number of aliphatic hydroxyl groups excluding tert-OH is 2. The predicted molar refractivity (Wildman–Crippen MR) is 98.6 cm³/mol. The molecule has 0 amide bonds. The van der Waals surface area contributed by atoms with Gasteiger partial charge in [-0.05, 0) is 91.8 Å². The quantitative estimate of drug-likeness (QED) is 0.675. The van der Waals surface area contributed by atoms with E-state index in [0.717, 1.165) is 30.1 Å². The maximum atomic E-state index is 9.80. The van der Waals surface area contributed by atoms with Gasteiger partial charge in [-0.1, -0.05) is 26.7 Å². The van der Waals surface area contributed by atoms with E-state index >= 15 is 0 Å². The summed E-state index contributed by atoms with van der Waals surface area (Å²) in [6.45, 7) is 4.92. The third-order valence-corrected chi connectivity index (χ3v) is 9.77. The van der Waals surface area contributed by atoms with Gasteiger partial charge in [0.05, 0.1) is 6.61 Å². The van der Waals surface area contributed by atoms with Crippen molar-refractivity contribution in [3.05, 3.63) is 0 Å². The Bertz CT molecular complexity index is 492. The van der Waals surface area contributed by atoms with Crippen molar-refractivity contribution in [2.75, 3.05) is 6.61 Å². The Labute approximate surface area is 153 Å². The summed E-state index contributed by atoms with van der Waals surface area (Å²) in [5.74, 6) is 3.29. The van der Waals surface area contributed by atoms with E-state index in [1.165, 1.54) is 57.8 Å². The zero-order chi connectivity index (χ0) is 17.8. The summed E-state index contributed by atoms with van der Waals surface area (Å²) in [5.41, 5.74) is 0.754. The number of hydrogen-bond donors (Lipinski definition) is 3. The molecule has 4 saturated carbocycles. The monoisotopic (exact) mass is 350 g/mol. The molecule has 0 aliphatic heterocycles. The summed E-state index contributed by atoms with van der Waals surface area (Å²) in [5, 5.41) is 29.4. The van der Waals surface area contributed by atoms with Crippen LogP contribution in [0, 0.1) is 46.3 Å². The van der Waals surface area contributed by atoms with Crippen LogP contribution in [-0.2, 0) is 0 Å². The molecular weight excluding hydrogens is 312 g/mol. The topological polar surface area (TPSA) is 60.7 Å². The van der Waals surface area contributed by atoms with Gasteiger partial charge in [-0.2, -0.15) is 0 Å². The second kappa shape index (κ2) is 6.49. The molecule has 4 fully saturated rings. The van der Waals surface area contributed by atoms with Crippen molar-refractivity contribution in [2.24, 2.45) is 46.3 Å². The largest absolute Gasteiger partial charge is 0.396 e. The lowest BCUT2D eigenvalue weighted by molar-refractivity contribution is -0.152. The molecule has 4 aliphatic carbocycles. The van der Waals surface area contributed by atoms with Crippen LogP contribution in [0.5, 0.6) is 0 Å². The molecule has 0 spiro atoms. The minimum absolute atomic E-state index is 0.0987. The highest BCUT2D eigenvalue weighted by Crippen LogP contribution is 2.68. The fourth-order valence-corrected chi connectivity index (χ4v) is 8.47. The molecule has 0 bridgehead atoms. The minimum Gasteiger partial charge on any atom is -0.396 e. The van der Waals surface area contributed by atoms with Crippen molar-refractivity contribution >= 4 is 0 Å². The number of aliphatic hydroxyl groups is 3. The average Bonchev–Trinajstić information content (AvgIpc) is 2.92. The van der Waals surface area contributed by atoms with E-state index in [1.807, 2.05) is 0 Å². The van der Waals surface area contributed by atoms with Crippen LogP contribution >= 0.6 is 0 Å². The predicted octanol–water partition coefficient (Wildman–Crippen LogP) is 3.95. The first kappa shape index (κ1) is 18.3. The summed E-state index contributed by atoms with van der Waals surface area (Å²) in [6, 6.07) is 0. The Hall–Kier alpha value is -0.120. The maximum Gasteiger partial charge on any atom is 0.156 e. The SMILES string of the molecule is C[C@]12CCCC[C@H]1CC[C@@H]1[C@@H]2CC[C@]2(C)[C@@H](C(CO)C(O)O)CC[C@@H]12. The van der Waals surface area contributed by atoms with Gasteiger partial charge in [0.1, 0.15) is 0 Å². The zero-order valence-corrected chi connectivity index (χ0v) is 16.2. The molecule has 0 aromatic carbocycles.